The average Bonchev–Trinajstić information content (AvgIpc) is 2.44. The SMILES string of the molecule is Cc1ccc(CO)cc1NC(=O)c1ccc(F)c(Cl)c1. The van der Waals surface area contributed by atoms with E-state index in [4.69, 9.17) is 16.7 Å². The maximum atomic E-state index is 13.1. The van der Waals surface area contributed by atoms with Gasteiger partial charge in [-0.15, -0.1) is 0 Å². The standard InChI is InChI=1S/C15H13ClFNO2/c1-9-2-3-10(8-19)6-14(9)18-15(20)11-4-5-13(17)12(16)7-11/h2-7,19H,8H2,1H3,(H,18,20). The fourth-order valence-electron chi connectivity index (χ4n) is 1.73. The normalized spacial score (nSPS) is 10.4. The first-order valence-electron chi connectivity index (χ1n) is 5.98. The third-order valence-electron chi connectivity index (χ3n) is 2.91. The van der Waals surface area contributed by atoms with Gasteiger partial charge in [0.1, 0.15) is 5.82 Å². The number of hydrogen-bond acceptors (Lipinski definition) is 2. The Labute approximate surface area is 121 Å². The Hall–Kier alpha value is -1.91. The van der Waals surface area contributed by atoms with Crippen molar-refractivity contribution in [2.24, 2.45) is 0 Å². The minimum atomic E-state index is -0.568. The van der Waals surface area contributed by atoms with Crippen LogP contribution in [0.3, 0.4) is 0 Å². The van der Waals surface area contributed by atoms with Gasteiger partial charge in [0.05, 0.1) is 11.6 Å². The van der Waals surface area contributed by atoms with Crippen molar-refractivity contribution < 1.29 is 14.3 Å². The number of halogens is 2. The predicted molar refractivity (Wildman–Crippen MR) is 76.5 cm³/mol. The van der Waals surface area contributed by atoms with Crippen molar-refractivity contribution in [1.82, 2.24) is 0 Å². The zero-order chi connectivity index (χ0) is 14.7. The summed E-state index contributed by atoms with van der Waals surface area (Å²) in [6.07, 6.45) is 0. The van der Waals surface area contributed by atoms with Crippen molar-refractivity contribution >= 4 is 23.2 Å². The molecule has 0 atom stereocenters. The molecule has 0 bridgehead atoms. The van der Waals surface area contributed by atoms with Crippen LogP contribution in [-0.2, 0) is 6.61 Å². The van der Waals surface area contributed by atoms with Gasteiger partial charge in [-0.05, 0) is 42.3 Å². The maximum Gasteiger partial charge on any atom is 0.255 e. The highest BCUT2D eigenvalue weighted by atomic mass is 35.5. The van der Waals surface area contributed by atoms with Crippen molar-refractivity contribution in [3.63, 3.8) is 0 Å². The number of carbonyl (C=O) groups excluding carboxylic acids is 1. The van der Waals surface area contributed by atoms with Gasteiger partial charge in [0.15, 0.2) is 0 Å². The molecule has 0 aliphatic carbocycles. The Kier molecular flexibility index (Phi) is 4.37. The van der Waals surface area contributed by atoms with E-state index < -0.39 is 5.82 Å². The van der Waals surface area contributed by atoms with E-state index in [0.29, 0.717) is 11.3 Å². The van der Waals surface area contributed by atoms with Gasteiger partial charge in [-0.1, -0.05) is 23.7 Å². The molecule has 1 amide bonds. The first-order chi connectivity index (χ1) is 9.51. The zero-order valence-electron chi connectivity index (χ0n) is 10.8. The summed E-state index contributed by atoms with van der Waals surface area (Å²) in [5, 5.41) is 11.7. The third kappa shape index (κ3) is 3.15. The molecular formula is C15H13ClFNO2. The molecule has 104 valence electrons. The van der Waals surface area contributed by atoms with Crippen molar-refractivity contribution in [1.29, 1.82) is 0 Å². The van der Waals surface area contributed by atoms with Crippen LogP contribution in [-0.4, -0.2) is 11.0 Å². The van der Waals surface area contributed by atoms with Gasteiger partial charge in [-0.3, -0.25) is 4.79 Å². The van der Waals surface area contributed by atoms with Gasteiger partial charge < -0.3 is 10.4 Å². The molecule has 0 radical (unpaired) electrons. The lowest BCUT2D eigenvalue weighted by atomic mass is 10.1. The number of carbonyl (C=O) groups is 1. The summed E-state index contributed by atoms with van der Waals surface area (Å²) >= 11 is 5.65. The molecule has 0 fully saturated rings. The van der Waals surface area contributed by atoms with Gasteiger partial charge in [0.2, 0.25) is 0 Å². The molecule has 2 N–H and O–H groups in total. The predicted octanol–water partition coefficient (Wildman–Crippen LogP) is 3.53. The molecule has 2 aromatic rings. The zero-order valence-corrected chi connectivity index (χ0v) is 11.5. The quantitative estimate of drug-likeness (QED) is 0.909. The molecule has 0 heterocycles. The Morgan fingerprint density at radius 3 is 2.70 bits per heavy atom. The van der Waals surface area contributed by atoms with E-state index in [1.165, 1.54) is 12.1 Å². The minimum Gasteiger partial charge on any atom is -0.392 e. The Balaban J connectivity index is 2.25. The van der Waals surface area contributed by atoms with E-state index in [2.05, 4.69) is 5.32 Å². The second-order valence-corrected chi connectivity index (χ2v) is 4.80. The van der Waals surface area contributed by atoms with Crippen molar-refractivity contribution in [2.75, 3.05) is 5.32 Å². The molecule has 2 rings (SSSR count). The molecule has 0 aliphatic rings. The third-order valence-corrected chi connectivity index (χ3v) is 3.20. The average molecular weight is 294 g/mol. The Bertz CT molecular complexity index is 658. The van der Waals surface area contributed by atoms with E-state index in [-0.39, 0.29) is 23.1 Å². The number of amides is 1. The number of benzene rings is 2. The fourth-order valence-corrected chi connectivity index (χ4v) is 1.91. The second kappa shape index (κ2) is 6.03. The molecule has 0 saturated carbocycles. The van der Waals surface area contributed by atoms with E-state index in [1.54, 1.807) is 18.2 Å². The monoisotopic (exact) mass is 293 g/mol. The molecular weight excluding hydrogens is 281 g/mol. The van der Waals surface area contributed by atoms with Gasteiger partial charge in [0, 0.05) is 11.3 Å². The van der Waals surface area contributed by atoms with Crippen LogP contribution < -0.4 is 5.32 Å². The lowest BCUT2D eigenvalue weighted by Gasteiger charge is -2.10. The summed E-state index contributed by atoms with van der Waals surface area (Å²) in [4.78, 5) is 12.1. The molecule has 0 saturated heterocycles. The van der Waals surface area contributed by atoms with Gasteiger partial charge in [0.25, 0.3) is 5.91 Å². The lowest BCUT2D eigenvalue weighted by molar-refractivity contribution is 0.102. The highest BCUT2D eigenvalue weighted by Crippen LogP contribution is 2.20. The minimum absolute atomic E-state index is 0.0986. The highest BCUT2D eigenvalue weighted by molar-refractivity contribution is 6.31. The van der Waals surface area contributed by atoms with E-state index in [1.807, 2.05) is 6.92 Å². The number of hydrogen-bond donors (Lipinski definition) is 2. The number of aliphatic hydroxyl groups excluding tert-OH is 1. The van der Waals surface area contributed by atoms with Gasteiger partial charge in [-0.2, -0.15) is 0 Å². The van der Waals surface area contributed by atoms with Crippen molar-refractivity contribution in [3.8, 4) is 0 Å². The smallest absolute Gasteiger partial charge is 0.255 e. The molecule has 0 aliphatic heterocycles. The topological polar surface area (TPSA) is 49.3 Å². The van der Waals surface area contributed by atoms with Crippen LogP contribution >= 0.6 is 11.6 Å². The Morgan fingerprint density at radius 1 is 1.30 bits per heavy atom. The molecule has 0 spiro atoms. The largest absolute Gasteiger partial charge is 0.392 e. The van der Waals surface area contributed by atoms with Crippen molar-refractivity contribution in [2.45, 2.75) is 13.5 Å². The summed E-state index contributed by atoms with van der Waals surface area (Å²) in [5.74, 6) is -0.952. The van der Waals surface area contributed by atoms with Crippen LogP contribution in [0.1, 0.15) is 21.5 Å². The molecule has 3 nitrogen and oxygen atoms in total. The first-order valence-corrected chi connectivity index (χ1v) is 6.36. The summed E-state index contributed by atoms with van der Waals surface area (Å²) < 4.78 is 13.1. The number of aryl methyl sites for hydroxylation is 1. The van der Waals surface area contributed by atoms with E-state index in [0.717, 1.165) is 11.6 Å². The summed E-state index contributed by atoms with van der Waals surface area (Å²) in [7, 11) is 0. The molecule has 0 aromatic heterocycles. The van der Waals surface area contributed by atoms with Gasteiger partial charge >= 0.3 is 0 Å². The first kappa shape index (κ1) is 14.5. The van der Waals surface area contributed by atoms with Crippen LogP contribution in [0.25, 0.3) is 0 Å². The molecule has 0 unspecified atom stereocenters. The van der Waals surface area contributed by atoms with Crippen LogP contribution in [0.4, 0.5) is 10.1 Å². The molecule has 2 aromatic carbocycles. The maximum absolute atomic E-state index is 13.1. The fraction of sp³-hybridized carbons (Fsp3) is 0.133. The summed E-state index contributed by atoms with van der Waals surface area (Å²) in [6.45, 7) is 1.74. The van der Waals surface area contributed by atoms with Crippen molar-refractivity contribution in [3.05, 3.63) is 63.9 Å². The number of rotatable bonds is 3. The lowest BCUT2D eigenvalue weighted by Crippen LogP contribution is -2.13. The molecule has 5 heteroatoms. The van der Waals surface area contributed by atoms with Gasteiger partial charge in [-0.25, -0.2) is 4.39 Å². The van der Waals surface area contributed by atoms with Crippen LogP contribution in [0.15, 0.2) is 36.4 Å². The number of anilines is 1. The van der Waals surface area contributed by atoms with Crippen LogP contribution in [0.5, 0.6) is 0 Å². The van der Waals surface area contributed by atoms with Crippen LogP contribution in [0.2, 0.25) is 5.02 Å². The molecule has 20 heavy (non-hydrogen) atoms. The number of nitrogens with one attached hydrogen (secondary N) is 1. The van der Waals surface area contributed by atoms with E-state index >= 15 is 0 Å². The number of aliphatic hydroxyl groups is 1. The Morgan fingerprint density at radius 2 is 2.05 bits per heavy atom. The summed E-state index contributed by atoms with van der Waals surface area (Å²) in [5.41, 5.74) is 2.43. The summed E-state index contributed by atoms with van der Waals surface area (Å²) in [6, 6.07) is 9.06. The van der Waals surface area contributed by atoms with E-state index in [9.17, 15) is 9.18 Å². The second-order valence-electron chi connectivity index (χ2n) is 4.39. The van der Waals surface area contributed by atoms with Crippen LogP contribution in [0, 0.1) is 12.7 Å². The highest BCUT2D eigenvalue weighted by Gasteiger charge is 2.10.